The van der Waals surface area contributed by atoms with Crippen LogP contribution in [0.25, 0.3) is 16.8 Å². The number of halogens is 3. The number of hydrogen-bond donors (Lipinski definition) is 2. The van der Waals surface area contributed by atoms with Crippen molar-refractivity contribution in [2.24, 2.45) is 0 Å². The number of carbonyl (C=O) groups excluding carboxylic acids is 3. The molecule has 15 heteroatoms. The van der Waals surface area contributed by atoms with Crippen molar-refractivity contribution in [1.29, 1.82) is 5.26 Å². The molecule has 3 amide bonds. The van der Waals surface area contributed by atoms with Crippen LogP contribution in [0.4, 0.5) is 16.0 Å². The molecule has 3 aliphatic rings. The number of pyridine rings is 2. The first kappa shape index (κ1) is 34.7. The van der Waals surface area contributed by atoms with Crippen LogP contribution in [0.3, 0.4) is 0 Å². The minimum absolute atomic E-state index is 0.0487. The average molecular weight is 775 g/mol. The lowest BCUT2D eigenvalue weighted by Gasteiger charge is -2.27. The molecule has 9 rings (SSSR count). The topological polar surface area (TPSA) is 150 Å². The van der Waals surface area contributed by atoms with Crippen LogP contribution >= 0.6 is 23.2 Å². The fourth-order valence-corrected chi connectivity index (χ4v) is 7.86. The van der Waals surface area contributed by atoms with Crippen LogP contribution in [0.15, 0.2) is 91.6 Å². The predicted octanol–water partition coefficient (Wildman–Crippen LogP) is 6.61. The standard InChI is InChI=1S/C40H30Cl2FN9O3/c1-38(18-23-2-4-24(19-44)5-3-23)36(55)51(27-16-28(41)33(43)29(42)17-27)37-47-21-30(52(37)38)34(53)48-40(12-13-40)35(54)49-39(10-11-39)31-8-6-25(20-46-31)26-7-9-32-45-14-15-50(32)22-26/h2-9,14-17,20-22H,10-13,18H2,1H3,(H,48,53)(H,49,54)/t38-/m1/s1. The van der Waals surface area contributed by atoms with Crippen LogP contribution in [0.1, 0.15) is 59.9 Å². The lowest BCUT2D eigenvalue weighted by atomic mass is 9.91. The van der Waals surface area contributed by atoms with Crippen molar-refractivity contribution in [3.8, 4) is 17.2 Å². The molecule has 12 nitrogen and oxygen atoms in total. The second kappa shape index (κ2) is 12.5. The van der Waals surface area contributed by atoms with Gasteiger partial charge in [0.2, 0.25) is 11.9 Å². The van der Waals surface area contributed by atoms with E-state index in [1.165, 1.54) is 27.8 Å². The molecule has 5 heterocycles. The second-order valence-electron chi connectivity index (χ2n) is 14.5. The summed E-state index contributed by atoms with van der Waals surface area (Å²) >= 11 is 12.3. The molecule has 0 unspecified atom stereocenters. The van der Waals surface area contributed by atoms with Gasteiger partial charge in [0, 0.05) is 36.8 Å². The Kier molecular flexibility index (Phi) is 7.86. The molecule has 0 spiro atoms. The van der Waals surface area contributed by atoms with Gasteiger partial charge in [-0.05, 0) is 86.2 Å². The Morgan fingerprint density at radius 2 is 1.65 bits per heavy atom. The molecule has 6 aromatic rings. The Bertz CT molecular complexity index is 2600. The van der Waals surface area contributed by atoms with Gasteiger partial charge in [0.25, 0.3) is 11.8 Å². The summed E-state index contributed by atoms with van der Waals surface area (Å²) in [6.07, 6.45) is 11.1. The molecular weight excluding hydrogens is 744 g/mol. The number of amides is 3. The van der Waals surface area contributed by atoms with E-state index in [-0.39, 0.29) is 39.7 Å². The average Bonchev–Trinajstić information content (AvgIpc) is 4.02. The molecular formula is C40H30Cl2FN9O3. The first-order valence-electron chi connectivity index (χ1n) is 17.5. The summed E-state index contributed by atoms with van der Waals surface area (Å²) in [5.74, 6) is -2.12. The molecule has 2 aromatic carbocycles. The van der Waals surface area contributed by atoms with Crippen molar-refractivity contribution in [2.75, 3.05) is 4.90 Å². The number of nitriles is 1. The monoisotopic (exact) mass is 773 g/mol. The van der Waals surface area contributed by atoms with Gasteiger partial charge in [-0.3, -0.25) is 23.9 Å². The second-order valence-corrected chi connectivity index (χ2v) is 15.3. The smallest absolute Gasteiger partial charge is 0.270 e. The van der Waals surface area contributed by atoms with Gasteiger partial charge in [0.05, 0.1) is 44.8 Å². The van der Waals surface area contributed by atoms with Gasteiger partial charge in [-0.15, -0.1) is 0 Å². The number of fused-ring (bicyclic) bond motifs is 2. The molecule has 4 aromatic heterocycles. The normalized spacial score (nSPS) is 18.8. The third kappa shape index (κ3) is 5.71. The summed E-state index contributed by atoms with van der Waals surface area (Å²) in [5.41, 5.74) is 1.64. The lowest BCUT2D eigenvalue weighted by Crippen LogP contribution is -2.52. The third-order valence-electron chi connectivity index (χ3n) is 10.8. The van der Waals surface area contributed by atoms with Crippen LogP contribution < -0.4 is 15.5 Å². The van der Waals surface area contributed by atoms with Gasteiger partial charge >= 0.3 is 0 Å². The summed E-state index contributed by atoms with van der Waals surface area (Å²) < 4.78 is 17.9. The van der Waals surface area contributed by atoms with Crippen LogP contribution in [-0.2, 0) is 27.1 Å². The molecule has 2 N–H and O–H groups in total. The van der Waals surface area contributed by atoms with E-state index in [0.29, 0.717) is 36.8 Å². The number of benzene rings is 2. The molecule has 1 atom stereocenters. The quantitative estimate of drug-likeness (QED) is 0.157. The fourth-order valence-electron chi connectivity index (χ4n) is 7.39. The number of rotatable bonds is 9. The molecule has 0 radical (unpaired) electrons. The SMILES string of the molecule is C[C@@]1(Cc2ccc(C#N)cc2)C(=O)N(c2cc(Cl)c(F)c(Cl)c2)c2ncc(C(=O)NC3(C(=O)NC4(c5ccc(-c6ccc7nccn7c6)cn5)CC4)CC3)n21. The first-order chi connectivity index (χ1) is 26.4. The van der Waals surface area contributed by atoms with E-state index < -0.39 is 34.2 Å². The van der Waals surface area contributed by atoms with Crippen molar-refractivity contribution in [3.05, 3.63) is 130 Å². The maximum Gasteiger partial charge on any atom is 0.270 e. The van der Waals surface area contributed by atoms with Gasteiger partial charge in [0.1, 0.15) is 22.4 Å². The van der Waals surface area contributed by atoms with Crippen LogP contribution in [0, 0.1) is 17.1 Å². The van der Waals surface area contributed by atoms with Crippen molar-refractivity contribution in [1.82, 2.24) is 34.6 Å². The Hall–Kier alpha value is -6.10. The van der Waals surface area contributed by atoms with Crippen LogP contribution in [0.5, 0.6) is 0 Å². The molecule has 2 fully saturated rings. The van der Waals surface area contributed by atoms with E-state index >= 15 is 0 Å². The van der Waals surface area contributed by atoms with E-state index in [4.69, 9.17) is 28.2 Å². The summed E-state index contributed by atoms with van der Waals surface area (Å²) in [6, 6.07) is 19.2. The number of anilines is 2. The number of hydrogen-bond acceptors (Lipinski definition) is 7. The summed E-state index contributed by atoms with van der Waals surface area (Å²) in [6.45, 7) is 1.67. The Morgan fingerprint density at radius 1 is 0.927 bits per heavy atom. The summed E-state index contributed by atoms with van der Waals surface area (Å²) in [4.78, 5) is 57.4. The highest BCUT2D eigenvalue weighted by Gasteiger charge is 2.57. The largest absolute Gasteiger partial charge is 0.343 e. The van der Waals surface area contributed by atoms with Crippen LogP contribution in [0.2, 0.25) is 10.0 Å². The molecule has 1 aliphatic heterocycles. The molecule has 274 valence electrons. The zero-order chi connectivity index (χ0) is 38.3. The highest BCUT2D eigenvalue weighted by Crippen LogP contribution is 2.48. The zero-order valence-electron chi connectivity index (χ0n) is 29.2. The predicted molar refractivity (Wildman–Crippen MR) is 201 cm³/mol. The Labute approximate surface area is 323 Å². The van der Waals surface area contributed by atoms with Crippen molar-refractivity contribution >= 4 is 58.2 Å². The third-order valence-corrected chi connectivity index (χ3v) is 11.4. The maximum atomic E-state index is 14.4. The number of aromatic nitrogens is 5. The van der Waals surface area contributed by atoms with Crippen molar-refractivity contribution in [3.63, 3.8) is 0 Å². The molecule has 55 heavy (non-hydrogen) atoms. The van der Waals surface area contributed by atoms with Crippen molar-refractivity contribution in [2.45, 2.75) is 55.6 Å². The summed E-state index contributed by atoms with van der Waals surface area (Å²) in [7, 11) is 0. The lowest BCUT2D eigenvalue weighted by molar-refractivity contribution is -0.125. The van der Waals surface area contributed by atoms with Gasteiger partial charge in [-0.2, -0.15) is 5.26 Å². The first-order valence-corrected chi connectivity index (χ1v) is 18.3. The Balaban J connectivity index is 0.982. The van der Waals surface area contributed by atoms with E-state index in [1.807, 2.05) is 41.1 Å². The zero-order valence-corrected chi connectivity index (χ0v) is 30.7. The number of nitrogens with zero attached hydrogens (tertiary/aromatic N) is 7. The number of imidazole rings is 2. The Morgan fingerprint density at radius 3 is 2.31 bits per heavy atom. The highest BCUT2D eigenvalue weighted by atomic mass is 35.5. The number of carbonyl (C=O) groups is 3. The van der Waals surface area contributed by atoms with Gasteiger partial charge in [-0.1, -0.05) is 41.4 Å². The minimum atomic E-state index is -1.42. The van der Waals surface area contributed by atoms with E-state index in [9.17, 15) is 24.0 Å². The van der Waals surface area contributed by atoms with Gasteiger partial charge in [-0.25, -0.2) is 19.3 Å². The van der Waals surface area contributed by atoms with E-state index in [0.717, 1.165) is 22.5 Å². The molecule has 2 saturated carbocycles. The van der Waals surface area contributed by atoms with Gasteiger partial charge < -0.3 is 15.0 Å². The van der Waals surface area contributed by atoms with Crippen molar-refractivity contribution < 1.29 is 18.8 Å². The minimum Gasteiger partial charge on any atom is -0.343 e. The maximum absolute atomic E-state index is 14.4. The molecule has 2 aliphatic carbocycles. The molecule has 0 saturated heterocycles. The highest BCUT2D eigenvalue weighted by molar-refractivity contribution is 6.35. The molecule has 0 bridgehead atoms. The number of nitrogens with one attached hydrogen (secondary N) is 2. The van der Waals surface area contributed by atoms with E-state index in [1.54, 1.807) is 43.6 Å². The van der Waals surface area contributed by atoms with Gasteiger partial charge in [0.15, 0.2) is 5.82 Å². The van der Waals surface area contributed by atoms with Crippen LogP contribution in [-0.4, -0.2) is 47.2 Å². The fraction of sp³-hybridized carbons (Fsp3) is 0.225. The van der Waals surface area contributed by atoms with E-state index in [2.05, 4.69) is 26.7 Å². The summed E-state index contributed by atoms with van der Waals surface area (Å²) in [5, 5.41) is 14.9.